The molecular weight excluding hydrogens is 252 g/mol. The van der Waals surface area contributed by atoms with Crippen molar-refractivity contribution in [1.82, 2.24) is 0 Å². The van der Waals surface area contributed by atoms with Gasteiger partial charge in [0.05, 0.1) is 6.61 Å². The molecule has 0 unspecified atom stereocenters. The highest BCUT2D eigenvalue weighted by atomic mass is 28.3. The lowest BCUT2D eigenvalue weighted by atomic mass is 10.5. The smallest absolute Gasteiger partial charge is 0.463 e. The van der Waals surface area contributed by atoms with Gasteiger partial charge in [0, 0.05) is 25.9 Å². The van der Waals surface area contributed by atoms with E-state index in [1.165, 1.54) is 0 Å². The molecular formula is C12H26O5Si. The van der Waals surface area contributed by atoms with E-state index in [4.69, 9.17) is 13.3 Å². The van der Waals surface area contributed by atoms with Crippen molar-refractivity contribution >= 4 is 15.5 Å². The Morgan fingerprint density at radius 2 is 1.50 bits per heavy atom. The number of rotatable bonds is 9. The minimum absolute atomic E-state index is 0.341. The van der Waals surface area contributed by atoms with Crippen LogP contribution in [0.4, 0.5) is 0 Å². The third-order valence-electron chi connectivity index (χ3n) is 1.52. The highest BCUT2D eigenvalue weighted by molar-refractivity contribution is 6.36. The standard InChI is InChI=1S/C6H16O3Si.C6H10O2/c1-4-7-10(8-5-2)9-6-3;1-3-5-8-6(7)4-2/h10H,4-6H2,1-3H3;4H,2-3,5H2,1H3. The van der Waals surface area contributed by atoms with Gasteiger partial charge in [0.2, 0.25) is 0 Å². The first-order chi connectivity index (χ1) is 8.65. The summed E-state index contributed by atoms with van der Waals surface area (Å²) in [4.78, 5) is 10.2. The zero-order valence-corrected chi connectivity index (χ0v) is 13.1. The lowest BCUT2D eigenvalue weighted by Gasteiger charge is -2.12. The molecule has 6 heteroatoms. The Bertz CT molecular complexity index is 185. The molecule has 0 N–H and O–H groups in total. The molecule has 0 rings (SSSR count). The Kier molecular flexibility index (Phi) is 17.8. The van der Waals surface area contributed by atoms with Crippen LogP contribution >= 0.6 is 0 Å². The zero-order chi connectivity index (χ0) is 14.2. The topological polar surface area (TPSA) is 54.0 Å². The van der Waals surface area contributed by atoms with E-state index in [0.29, 0.717) is 26.4 Å². The van der Waals surface area contributed by atoms with Crippen LogP contribution in [-0.4, -0.2) is 41.9 Å². The Labute approximate surface area is 112 Å². The molecule has 0 bridgehead atoms. The van der Waals surface area contributed by atoms with Crippen LogP contribution in [-0.2, 0) is 22.8 Å². The fourth-order valence-corrected chi connectivity index (χ4v) is 1.92. The fourth-order valence-electron chi connectivity index (χ4n) is 0.814. The molecule has 0 aliphatic heterocycles. The maximum atomic E-state index is 10.2. The van der Waals surface area contributed by atoms with E-state index in [1.54, 1.807) is 0 Å². The average Bonchev–Trinajstić information content (AvgIpc) is 2.37. The van der Waals surface area contributed by atoms with Crippen molar-refractivity contribution in [2.24, 2.45) is 0 Å². The summed E-state index contributed by atoms with van der Waals surface area (Å²) in [6.07, 6.45) is 2.02. The fraction of sp³-hybridized carbons (Fsp3) is 0.750. The second kappa shape index (κ2) is 16.3. The van der Waals surface area contributed by atoms with Gasteiger partial charge in [0.1, 0.15) is 0 Å². The molecule has 0 aliphatic carbocycles. The van der Waals surface area contributed by atoms with Gasteiger partial charge in [-0.05, 0) is 27.2 Å². The van der Waals surface area contributed by atoms with Gasteiger partial charge >= 0.3 is 15.5 Å². The summed E-state index contributed by atoms with van der Waals surface area (Å²) in [7, 11) is -1.73. The first kappa shape index (κ1) is 19.6. The van der Waals surface area contributed by atoms with Gasteiger partial charge < -0.3 is 18.0 Å². The first-order valence-electron chi connectivity index (χ1n) is 6.30. The van der Waals surface area contributed by atoms with Gasteiger partial charge in [0.25, 0.3) is 0 Å². The molecule has 0 fully saturated rings. The molecule has 0 saturated carbocycles. The second-order valence-electron chi connectivity index (χ2n) is 3.03. The van der Waals surface area contributed by atoms with Gasteiger partial charge in [-0.2, -0.15) is 0 Å². The molecule has 0 atom stereocenters. The Morgan fingerprint density at radius 3 is 1.78 bits per heavy atom. The predicted octanol–water partition coefficient (Wildman–Crippen LogP) is 1.94. The van der Waals surface area contributed by atoms with Crippen molar-refractivity contribution in [3.05, 3.63) is 12.7 Å². The summed E-state index contributed by atoms with van der Waals surface area (Å²) in [5, 5.41) is 0. The van der Waals surface area contributed by atoms with E-state index in [1.807, 2.05) is 27.7 Å². The molecule has 0 heterocycles. The summed E-state index contributed by atoms with van der Waals surface area (Å²) in [6, 6.07) is 0. The van der Waals surface area contributed by atoms with Crippen molar-refractivity contribution in [3.8, 4) is 0 Å². The monoisotopic (exact) mass is 278 g/mol. The van der Waals surface area contributed by atoms with Crippen LogP contribution in [0.25, 0.3) is 0 Å². The average molecular weight is 278 g/mol. The maximum absolute atomic E-state index is 10.2. The number of carbonyl (C=O) groups is 1. The van der Waals surface area contributed by atoms with Crippen LogP contribution in [0.5, 0.6) is 0 Å². The number of ether oxygens (including phenoxy) is 1. The first-order valence-corrected chi connectivity index (χ1v) is 7.71. The van der Waals surface area contributed by atoms with Gasteiger partial charge in [-0.3, -0.25) is 0 Å². The van der Waals surface area contributed by atoms with Gasteiger partial charge in [-0.1, -0.05) is 13.5 Å². The van der Waals surface area contributed by atoms with E-state index >= 15 is 0 Å². The summed E-state index contributed by atoms with van der Waals surface area (Å²) >= 11 is 0. The molecule has 0 aliphatic rings. The second-order valence-corrected chi connectivity index (χ2v) is 4.60. The van der Waals surface area contributed by atoms with Crippen LogP contribution in [0.15, 0.2) is 12.7 Å². The molecule has 0 radical (unpaired) electrons. The van der Waals surface area contributed by atoms with Crippen molar-refractivity contribution in [2.45, 2.75) is 34.1 Å². The summed E-state index contributed by atoms with van der Waals surface area (Å²) in [5.41, 5.74) is 0. The summed E-state index contributed by atoms with van der Waals surface area (Å²) in [6.45, 7) is 13.5. The minimum Gasteiger partial charge on any atom is -0.463 e. The van der Waals surface area contributed by atoms with E-state index in [2.05, 4.69) is 11.3 Å². The van der Waals surface area contributed by atoms with Crippen LogP contribution in [0.2, 0.25) is 0 Å². The van der Waals surface area contributed by atoms with E-state index in [9.17, 15) is 4.79 Å². The van der Waals surface area contributed by atoms with E-state index in [0.717, 1.165) is 12.5 Å². The third-order valence-corrected chi connectivity index (χ3v) is 3.34. The maximum Gasteiger partial charge on any atom is 0.484 e. The normalized spacial score (nSPS) is 9.61. The molecule has 0 spiro atoms. The number of hydrogen-bond donors (Lipinski definition) is 0. The van der Waals surface area contributed by atoms with E-state index in [-0.39, 0.29) is 5.97 Å². The molecule has 0 amide bonds. The predicted molar refractivity (Wildman–Crippen MR) is 73.5 cm³/mol. The van der Waals surface area contributed by atoms with Crippen LogP contribution in [0.1, 0.15) is 34.1 Å². The quantitative estimate of drug-likeness (QED) is 0.366. The van der Waals surface area contributed by atoms with Gasteiger partial charge in [-0.15, -0.1) is 0 Å². The zero-order valence-electron chi connectivity index (χ0n) is 11.9. The summed E-state index contributed by atoms with van der Waals surface area (Å²) in [5.74, 6) is -0.341. The number of carbonyl (C=O) groups excluding carboxylic acids is 1. The van der Waals surface area contributed by atoms with Crippen molar-refractivity contribution in [2.75, 3.05) is 26.4 Å². The van der Waals surface area contributed by atoms with Gasteiger partial charge in [0.15, 0.2) is 0 Å². The Hall–Kier alpha value is -0.693. The Morgan fingerprint density at radius 1 is 1.06 bits per heavy atom. The van der Waals surface area contributed by atoms with Crippen molar-refractivity contribution in [1.29, 1.82) is 0 Å². The molecule has 0 aromatic carbocycles. The minimum atomic E-state index is -1.73. The SMILES string of the molecule is C=CC(=O)OCCC.CCO[SiH](OCC)OCC. The highest BCUT2D eigenvalue weighted by Gasteiger charge is 2.11. The van der Waals surface area contributed by atoms with Crippen molar-refractivity contribution in [3.63, 3.8) is 0 Å². The molecule has 0 aromatic heterocycles. The molecule has 0 aromatic rings. The molecule has 18 heavy (non-hydrogen) atoms. The number of hydrogen-bond acceptors (Lipinski definition) is 5. The van der Waals surface area contributed by atoms with Crippen LogP contribution in [0, 0.1) is 0 Å². The van der Waals surface area contributed by atoms with Crippen molar-refractivity contribution < 1.29 is 22.8 Å². The lowest BCUT2D eigenvalue weighted by molar-refractivity contribution is -0.137. The largest absolute Gasteiger partial charge is 0.484 e. The third kappa shape index (κ3) is 15.3. The lowest BCUT2D eigenvalue weighted by Crippen LogP contribution is -2.27. The van der Waals surface area contributed by atoms with E-state index < -0.39 is 9.53 Å². The highest BCUT2D eigenvalue weighted by Crippen LogP contribution is 1.91. The van der Waals surface area contributed by atoms with Gasteiger partial charge in [-0.25, -0.2) is 4.79 Å². The molecule has 5 nitrogen and oxygen atoms in total. The summed E-state index contributed by atoms with van der Waals surface area (Å²) < 4.78 is 20.2. The van der Waals surface area contributed by atoms with Crippen LogP contribution < -0.4 is 0 Å². The Balaban J connectivity index is 0. The number of esters is 1. The van der Waals surface area contributed by atoms with Crippen LogP contribution in [0.3, 0.4) is 0 Å². The molecule has 0 saturated heterocycles. The molecule has 108 valence electrons.